The zero-order chi connectivity index (χ0) is 21.8. The van der Waals surface area contributed by atoms with E-state index in [2.05, 4.69) is 10.3 Å². The monoisotopic (exact) mass is 415 g/mol. The summed E-state index contributed by atoms with van der Waals surface area (Å²) in [6, 6.07) is 19.3. The van der Waals surface area contributed by atoms with Crippen LogP contribution in [0.25, 0.3) is 0 Å². The number of pyridine rings is 1. The van der Waals surface area contributed by atoms with E-state index in [1.54, 1.807) is 55.5 Å². The number of rotatable bonds is 7. The number of hydrogen-bond acceptors (Lipinski definition) is 6. The number of benzene rings is 2. The molecule has 31 heavy (non-hydrogen) atoms. The van der Waals surface area contributed by atoms with Gasteiger partial charge in [0.2, 0.25) is 0 Å². The van der Waals surface area contributed by atoms with Crippen LogP contribution < -0.4 is 5.32 Å². The summed E-state index contributed by atoms with van der Waals surface area (Å²) in [6.07, 6.45) is 0.417. The average molecular weight is 415 g/mol. The van der Waals surface area contributed by atoms with Crippen LogP contribution in [0.5, 0.6) is 0 Å². The molecule has 2 heterocycles. The Morgan fingerprint density at radius 1 is 0.935 bits per heavy atom. The Balaban J connectivity index is 1.46. The van der Waals surface area contributed by atoms with E-state index < -0.39 is 5.97 Å². The van der Waals surface area contributed by atoms with E-state index in [0.717, 1.165) is 5.69 Å². The second-order valence-electron chi connectivity index (χ2n) is 6.96. The molecule has 7 nitrogen and oxygen atoms in total. The lowest BCUT2D eigenvalue weighted by molar-refractivity contribution is 0.0526. The van der Waals surface area contributed by atoms with Gasteiger partial charge in [-0.2, -0.15) is 0 Å². The largest absolute Gasteiger partial charge is 0.462 e. The molecule has 1 aliphatic rings. The number of anilines is 2. The molecular weight excluding hydrogens is 394 g/mol. The number of carbonyl (C=O) groups excluding carboxylic acids is 3. The number of hydrogen-bond donors (Lipinski definition) is 1. The Morgan fingerprint density at radius 3 is 2.32 bits per heavy atom. The predicted octanol–water partition coefficient (Wildman–Crippen LogP) is 3.84. The van der Waals surface area contributed by atoms with Crippen molar-refractivity contribution in [3.63, 3.8) is 0 Å². The van der Waals surface area contributed by atoms with Gasteiger partial charge in [0.05, 0.1) is 29.0 Å². The van der Waals surface area contributed by atoms with E-state index in [9.17, 15) is 14.4 Å². The summed E-state index contributed by atoms with van der Waals surface area (Å²) in [6.45, 7) is 2.29. The van der Waals surface area contributed by atoms with Gasteiger partial charge in [-0.25, -0.2) is 9.78 Å². The number of aromatic nitrogens is 1. The summed E-state index contributed by atoms with van der Waals surface area (Å²) in [5.41, 5.74) is 2.60. The highest BCUT2D eigenvalue weighted by atomic mass is 16.5. The number of nitrogens with zero attached hydrogens (tertiary/aromatic N) is 2. The summed E-state index contributed by atoms with van der Waals surface area (Å²) in [4.78, 5) is 43.0. The first-order chi connectivity index (χ1) is 15.1. The van der Waals surface area contributed by atoms with Crippen molar-refractivity contribution in [2.24, 2.45) is 0 Å². The Labute approximate surface area is 179 Å². The van der Waals surface area contributed by atoms with Crippen LogP contribution in [-0.2, 0) is 11.2 Å². The summed E-state index contributed by atoms with van der Waals surface area (Å²) in [5.74, 6) is -0.416. The van der Waals surface area contributed by atoms with Crippen molar-refractivity contribution in [2.45, 2.75) is 13.3 Å². The van der Waals surface area contributed by atoms with Crippen LogP contribution in [0.1, 0.15) is 43.7 Å². The lowest BCUT2D eigenvalue weighted by Gasteiger charge is -2.14. The van der Waals surface area contributed by atoms with Crippen LogP contribution in [0.2, 0.25) is 0 Å². The smallest absolute Gasteiger partial charge is 0.340 e. The van der Waals surface area contributed by atoms with Gasteiger partial charge in [-0.3, -0.25) is 14.5 Å². The molecular formula is C24H21N3O4. The Hall–Kier alpha value is -4.00. The summed E-state index contributed by atoms with van der Waals surface area (Å²) >= 11 is 0. The maximum Gasteiger partial charge on any atom is 0.340 e. The highest BCUT2D eigenvalue weighted by molar-refractivity contribution is 6.21. The first kappa shape index (κ1) is 20.3. The molecule has 0 saturated heterocycles. The van der Waals surface area contributed by atoms with Crippen LogP contribution in [0.3, 0.4) is 0 Å². The molecule has 3 aromatic rings. The molecule has 0 spiro atoms. The van der Waals surface area contributed by atoms with Crippen molar-refractivity contribution in [1.29, 1.82) is 0 Å². The highest BCUT2D eigenvalue weighted by Crippen LogP contribution is 2.23. The standard InChI is InChI=1S/C24H21N3O4/c1-2-31-24(30)19-11-5-6-12-20(19)26-21-13-7-8-16(25-21)14-15-27-22(28)17-9-3-4-10-18(17)23(27)29/h3-13H,2,14-15H2,1H3,(H,25,26). The van der Waals surface area contributed by atoms with E-state index in [1.807, 2.05) is 18.2 Å². The van der Waals surface area contributed by atoms with Gasteiger partial charge in [-0.1, -0.05) is 30.3 Å². The van der Waals surface area contributed by atoms with Crippen LogP contribution in [0, 0.1) is 0 Å². The number of fused-ring (bicyclic) bond motifs is 1. The van der Waals surface area contributed by atoms with Crippen LogP contribution in [0.4, 0.5) is 11.5 Å². The van der Waals surface area contributed by atoms with E-state index in [-0.39, 0.29) is 18.4 Å². The van der Waals surface area contributed by atoms with Crippen molar-refractivity contribution < 1.29 is 19.1 Å². The zero-order valence-electron chi connectivity index (χ0n) is 17.0. The topological polar surface area (TPSA) is 88.6 Å². The molecule has 0 radical (unpaired) electrons. The van der Waals surface area contributed by atoms with E-state index in [1.165, 1.54) is 4.90 Å². The molecule has 0 fully saturated rings. The van der Waals surface area contributed by atoms with Gasteiger partial charge in [0.15, 0.2) is 0 Å². The maximum absolute atomic E-state index is 12.5. The summed E-state index contributed by atoms with van der Waals surface area (Å²) in [5, 5.41) is 3.15. The second-order valence-corrected chi connectivity index (χ2v) is 6.96. The fourth-order valence-corrected chi connectivity index (χ4v) is 3.47. The first-order valence-corrected chi connectivity index (χ1v) is 10.0. The fourth-order valence-electron chi connectivity index (χ4n) is 3.47. The third-order valence-corrected chi connectivity index (χ3v) is 4.96. The number of amides is 2. The minimum Gasteiger partial charge on any atom is -0.462 e. The number of carbonyl (C=O) groups is 3. The molecule has 1 aliphatic heterocycles. The van der Waals surface area contributed by atoms with Crippen LogP contribution in [-0.4, -0.2) is 40.8 Å². The molecule has 4 rings (SSSR count). The minimum atomic E-state index is -0.410. The number of para-hydroxylation sites is 1. The molecule has 2 aromatic carbocycles. The van der Waals surface area contributed by atoms with Gasteiger partial charge in [0.25, 0.3) is 11.8 Å². The molecule has 7 heteroatoms. The van der Waals surface area contributed by atoms with E-state index in [0.29, 0.717) is 41.2 Å². The normalized spacial score (nSPS) is 12.6. The lowest BCUT2D eigenvalue weighted by Crippen LogP contribution is -2.31. The fraction of sp³-hybridized carbons (Fsp3) is 0.167. The molecule has 2 amide bonds. The third kappa shape index (κ3) is 4.16. The first-order valence-electron chi connectivity index (χ1n) is 10.0. The minimum absolute atomic E-state index is 0.238. The van der Waals surface area contributed by atoms with Crippen molar-refractivity contribution >= 4 is 29.3 Å². The number of imide groups is 1. The van der Waals surface area contributed by atoms with Crippen molar-refractivity contribution in [2.75, 3.05) is 18.5 Å². The molecule has 0 atom stereocenters. The van der Waals surface area contributed by atoms with Crippen molar-refractivity contribution in [3.8, 4) is 0 Å². The molecule has 0 saturated carbocycles. The Bertz CT molecular complexity index is 1120. The predicted molar refractivity (Wildman–Crippen MR) is 115 cm³/mol. The number of nitrogens with one attached hydrogen (secondary N) is 1. The SMILES string of the molecule is CCOC(=O)c1ccccc1Nc1cccc(CCN2C(=O)c3ccccc3C2=O)n1. The van der Waals surface area contributed by atoms with E-state index in [4.69, 9.17) is 4.74 Å². The summed E-state index contributed by atoms with van der Waals surface area (Å²) in [7, 11) is 0. The summed E-state index contributed by atoms with van der Waals surface area (Å²) < 4.78 is 5.10. The van der Waals surface area contributed by atoms with Gasteiger partial charge < -0.3 is 10.1 Å². The Kier molecular flexibility index (Phi) is 5.75. The number of esters is 1. The molecule has 1 aromatic heterocycles. The van der Waals surface area contributed by atoms with Gasteiger partial charge in [0, 0.05) is 18.7 Å². The zero-order valence-corrected chi connectivity index (χ0v) is 17.0. The molecule has 0 unspecified atom stereocenters. The molecule has 1 N–H and O–H groups in total. The van der Waals surface area contributed by atoms with Crippen LogP contribution in [0.15, 0.2) is 66.7 Å². The average Bonchev–Trinajstić information content (AvgIpc) is 3.03. The second kappa shape index (κ2) is 8.79. The van der Waals surface area contributed by atoms with E-state index >= 15 is 0 Å². The molecule has 0 bridgehead atoms. The lowest BCUT2D eigenvalue weighted by atomic mass is 10.1. The van der Waals surface area contributed by atoms with Crippen molar-refractivity contribution in [1.82, 2.24) is 9.88 Å². The van der Waals surface area contributed by atoms with Crippen molar-refractivity contribution in [3.05, 3.63) is 89.1 Å². The highest BCUT2D eigenvalue weighted by Gasteiger charge is 2.34. The van der Waals surface area contributed by atoms with Gasteiger partial charge in [-0.05, 0) is 43.3 Å². The number of ether oxygens (including phenoxy) is 1. The van der Waals surface area contributed by atoms with Gasteiger partial charge in [-0.15, -0.1) is 0 Å². The Morgan fingerprint density at radius 2 is 1.61 bits per heavy atom. The van der Waals surface area contributed by atoms with Gasteiger partial charge >= 0.3 is 5.97 Å². The quantitative estimate of drug-likeness (QED) is 0.466. The molecule has 0 aliphatic carbocycles. The maximum atomic E-state index is 12.5. The van der Waals surface area contributed by atoms with Gasteiger partial charge in [0.1, 0.15) is 5.82 Å². The third-order valence-electron chi connectivity index (χ3n) is 4.96. The molecule has 156 valence electrons. The van der Waals surface area contributed by atoms with Crippen LogP contribution >= 0.6 is 0 Å².